The Morgan fingerprint density at radius 1 is 1.37 bits per heavy atom. The number of nitrogens with one attached hydrogen (secondary N) is 1. The number of nitrogens with zero attached hydrogens (tertiary/aromatic N) is 1. The van der Waals surface area contributed by atoms with Crippen LogP contribution in [0.3, 0.4) is 0 Å². The average molecular weight is 329 g/mol. The Balaban J connectivity index is 1.94. The number of halogens is 2. The Kier molecular flexibility index (Phi) is 4.80. The molecule has 0 aliphatic carbocycles. The van der Waals surface area contributed by atoms with Gasteiger partial charge in [0.1, 0.15) is 5.82 Å². The third-order valence-corrected chi connectivity index (χ3v) is 4.01. The molecule has 1 N–H and O–H groups in total. The van der Waals surface area contributed by atoms with Crippen molar-refractivity contribution in [1.29, 1.82) is 0 Å². The molecule has 2 rings (SSSR count). The van der Waals surface area contributed by atoms with Crippen LogP contribution in [0.4, 0.5) is 10.1 Å². The number of hydrogen-bond acceptors (Lipinski definition) is 2. The molecule has 0 aromatic heterocycles. The highest BCUT2D eigenvalue weighted by atomic mass is 79.9. The third kappa shape index (κ3) is 3.69. The van der Waals surface area contributed by atoms with Gasteiger partial charge in [0.25, 0.3) is 0 Å². The summed E-state index contributed by atoms with van der Waals surface area (Å²) in [4.78, 5) is 13.9. The fraction of sp³-hybridized carbons (Fsp3) is 0.500. The fourth-order valence-electron chi connectivity index (χ4n) is 2.26. The minimum absolute atomic E-state index is 0.111. The molecular formula is C14H18BrFN2O. The van der Waals surface area contributed by atoms with Crippen molar-refractivity contribution in [2.24, 2.45) is 0 Å². The number of carbonyl (C=O) groups excluding carboxylic acids is 1. The summed E-state index contributed by atoms with van der Waals surface area (Å²) >= 11 is 3.15. The number of anilines is 1. The van der Waals surface area contributed by atoms with Gasteiger partial charge in [-0.1, -0.05) is 0 Å². The zero-order chi connectivity index (χ0) is 13.8. The van der Waals surface area contributed by atoms with Gasteiger partial charge in [-0.25, -0.2) is 4.39 Å². The summed E-state index contributed by atoms with van der Waals surface area (Å²) in [5, 5.41) is 3.09. The van der Waals surface area contributed by atoms with Gasteiger partial charge in [-0.2, -0.15) is 0 Å². The molecule has 0 radical (unpaired) electrons. The van der Waals surface area contributed by atoms with Gasteiger partial charge in [0.15, 0.2) is 0 Å². The van der Waals surface area contributed by atoms with Crippen LogP contribution in [0.2, 0.25) is 0 Å². The van der Waals surface area contributed by atoms with Crippen molar-refractivity contribution in [3.8, 4) is 0 Å². The van der Waals surface area contributed by atoms with E-state index in [-0.39, 0.29) is 18.3 Å². The molecule has 1 heterocycles. The predicted octanol–water partition coefficient (Wildman–Crippen LogP) is 3.32. The van der Waals surface area contributed by atoms with Crippen molar-refractivity contribution in [1.82, 2.24) is 4.90 Å². The molecule has 5 heteroatoms. The number of benzene rings is 1. The zero-order valence-corrected chi connectivity index (χ0v) is 12.6. The monoisotopic (exact) mass is 328 g/mol. The van der Waals surface area contributed by atoms with Gasteiger partial charge < -0.3 is 10.2 Å². The minimum atomic E-state index is -0.287. The lowest BCUT2D eigenvalue weighted by Gasteiger charge is -2.27. The maximum absolute atomic E-state index is 13.3. The SMILES string of the molecule is Cc1cc(F)c(Br)cc1NCC(=O)N1CCCCC1. The van der Waals surface area contributed by atoms with E-state index in [9.17, 15) is 9.18 Å². The van der Waals surface area contributed by atoms with E-state index in [4.69, 9.17) is 0 Å². The highest BCUT2D eigenvalue weighted by Gasteiger charge is 2.16. The van der Waals surface area contributed by atoms with Crippen molar-refractivity contribution in [3.63, 3.8) is 0 Å². The number of aryl methyl sites for hydroxylation is 1. The molecule has 1 aromatic carbocycles. The largest absolute Gasteiger partial charge is 0.376 e. The number of hydrogen-bond donors (Lipinski definition) is 1. The lowest BCUT2D eigenvalue weighted by atomic mass is 10.1. The first kappa shape index (κ1) is 14.3. The Morgan fingerprint density at radius 3 is 2.74 bits per heavy atom. The van der Waals surface area contributed by atoms with Gasteiger partial charge in [-0.05, 0) is 59.8 Å². The summed E-state index contributed by atoms with van der Waals surface area (Å²) in [6.07, 6.45) is 3.39. The molecule has 0 bridgehead atoms. The summed E-state index contributed by atoms with van der Waals surface area (Å²) in [7, 11) is 0. The second kappa shape index (κ2) is 6.37. The van der Waals surface area contributed by atoms with E-state index >= 15 is 0 Å². The third-order valence-electron chi connectivity index (χ3n) is 3.41. The topological polar surface area (TPSA) is 32.3 Å². The first-order chi connectivity index (χ1) is 9.08. The van der Waals surface area contributed by atoms with E-state index in [1.165, 1.54) is 12.5 Å². The van der Waals surface area contributed by atoms with Gasteiger partial charge in [0, 0.05) is 18.8 Å². The van der Waals surface area contributed by atoms with Crippen LogP contribution in [0, 0.1) is 12.7 Å². The molecule has 0 atom stereocenters. The smallest absolute Gasteiger partial charge is 0.241 e. The van der Waals surface area contributed by atoms with Gasteiger partial charge in [-0.15, -0.1) is 0 Å². The predicted molar refractivity (Wildman–Crippen MR) is 77.8 cm³/mol. The van der Waals surface area contributed by atoms with Crippen LogP contribution >= 0.6 is 15.9 Å². The molecule has 1 aliphatic heterocycles. The first-order valence-corrected chi connectivity index (χ1v) is 7.34. The fourth-order valence-corrected chi connectivity index (χ4v) is 2.61. The van der Waals surface area contributed by atoms with Crippen LogP contribution in [-0.2, 0) is 4.79 Å². The number of likely N-dealkylation sites (tertiary alicyclic amines) is 1. The maximum Gasteiger partial charge on any atom is 0.241 e. The normalized spacial score (nSPS) is 15.4. The average Bonchev–Trinajstić information content (AvgIpc) is 2.42. The summed E-state index contributed by atoms with van der Waals surface area (Å²) in [5.74, 6) is -0.176. The Labute approximate surface area is 121 Å². The van der Waals surface area contributed by atoms with Crippen LogP contribution in [0.1, 0.15) is 24.8 Å². The second-order valence-corrected chi connectivity index (χ2v) is 5.73. The summed E-state index contributed by atoms with van der Waals surface area (Å²) in [6.45, 7) is 3.79. The Hall–Kier alpha value is -1.10. The molecule has 1 fully saturated rings. The second-order valence-electron chi connectivity index (χ2n) is 4.88. The van der Waals surface area contributed by atoms with Crippen molar-refractivity contribution in [3.05, 3.63) is 28.0 Å². The van der Waals surface area contributed by atoms with Crippen molar-refractivity contribution < 1.29 is 9.18 Å². The summed E-state index contributed by atoms with van der Waals surface area (Å²) in [5.41, 5.74) is 1.59. The maximum atomic E-state index is 13.3. The van der Waals surface area contributed by atoms with Crippen molar-refractivity contribution >= 4 is 27.5 Å². The molecule has 1 amide bonds. The van der Waals surface area contributed by atoms with Crippen molar-refractivity contribution in [2.75, 3.05) is 25.0 Å². The van der Waals surface area contributed by atoms with E-state index < -0.39 is 0 Å². The van der Waals surface area contributed by atoms with Gasteiger partial charge in [-0.3, -0.25) is 4.79 Å². The summed E-state index contributed by atoms with van der Waals surface area (Å²) < 4.78 is 13.7. The van der Waals surface area contributed by atoms with Gasteiger partial charge in [0.05, 0.1) is 11.0 Å². The van der Waals surface area contributed by atoms with E-state index in [0.717, 1.165) is 37.2 Å². The van der Waals surface area contributed by atoms with E-state index in [0.29, 0.717) is 4.47 Å². The lowest BCUT2D eigenvalue weighted by molar-refractivity contribution is -0.130. The van der Waals surface area contributed by atoms with Crippen LogP contribution in [0.5, 0.6) is 0 Å². The van der Waals surface area contributed by atoms with Crippen LogP contribution in [0.25, 0.3) is 0 Å². The first-order valence-electron chi connectivity index (χ1n) is 6.55. The zero-order valence-electron chi connectivity index (χ0n) is 11.0. The van der Waals surface area contributed by atoms with E-state index in [1.54, 1.807) is 6.07 Å². The molecule has 1 aromatic rings. The molecule has 0 saturated carbocycles. The Bertz CT molecular complexity index is 473. The molecule has 0 spiro atoms. The molecule has 0 unspecified atom stereocenters. The molecule has 1 aliphatic rings. The molecule has 19 heavy (non-hydrogen) atoms. The molecular weight excluding hydrogens is 311 g/mol. The molecule has 1 saturated heterocycles. The van der Waals surface area contributed by atoms with E-state index in [2.05, 4.69) is 21.2 Å². The highest BCUT2D eigenvalue weighted by molar-refractivity contribution is 9.10. The highest BCUT2D eigenvalue weighted by Crippen LogP contribution is 2.24. The molecule has 3 nitrogen and oxygen atoms in total. The number of piperidine rings is 1. The number of carbonyl (C=O) groups is 1. The lowest BCUT2D eigenvalue weighted by Crippen LogP contribution is -2.39. The van der Waals surface area contributed by atoms with Crippen LogP contribution < -0.4 is 5.32 Å². The van der Waals surface area contributed by atoms with Crippen LogP contribution in [-0.4, -0.2) is 30.4 Å². The molecule has 104 valence electrons. The quantitative estimate of drug-likeness (QED) is 0.923. The number of rotatable bonds is 3. The van der Waals surface area contributed by atoms with E-state index in [1.807, 2.05) is 11.8 Å². The van der Waals surface area contributed by atoms with Gasteiger partial charge >= 0.3 is 0 Å². The minimum Gasteiger partial charge on any atom is -0.376 e. The number of amides is 1. The van der Waals surface area contributed by atoms with Gasteiger partial charge in [0.2, 0.25) is 5.91 Å². The Morgan fingerprint density at radius 2 is 2.05 bits per heavy atom. The summed E-state index contributed by atoms with van der Waals surface area (Å²) in [6, 6.07) is 3.13. The van der Waals surface area contributed by atoms with Crippen LogP contribution in [0.15, 0.2) is 16.6 Å². The standard InChI is InChI=1S/C14H18BrFN2O/c1-10-7-12(16)11(15)8-13(10)17-9-14(19)18-5-3-2-4-6-18/h7-8,17H,2-6,9H2,1H3. The van der Waals surface area contributed by atoms with Crippen molar-refractivity contribution in [2.45, 2.75) is 26.2 Å².